The second-order valence-corrected chi connectivity index (χ2v) is 5.00. The summed E-state index contributed by atoms with van der Waals surface area (Å²) in [5.41, 5.74) is 7.17. The summed E-state index contributed by atoms with van der Waals surface area (Å²) in [5.74, 6) is 0. The molecule has 3 nitrogen and oxygen atoms in total. The maximum absolute atomic E-state index is 8.93. The van der Waals surface area contributed by atoms with Gasteiger partial charge in [-0.3, -0.25) is 4.90 Å². The molecule has 0 radical (unpaired) electrons. The molecule has 0 aliphatic heterocycles. The van der Waals surface area contributed by atoms with Gasteiger partial charge in [-0.2, -0.15) is 11.3 Å². The lowest BCUT2D eigenvalue weighted by Crippen LogP contribution is -2.39. The maximum atomic E-state index is 8.93. The first-order chi connectivity index (χ1) is 7.70. The highest BCUT2D eigenvalue weighted by Gasteiger charge is 2.21. The number of nitrogens with zero attached hydrogens (tertiary/aromatic N) is 1. The third-order valence-electron chi connectivity index (χ3n) is 2.79. The summed E-state index contributed by atoms with van der Waals surface area (Å²) in [6.07, 6.45) is 0.804. The minimum atomic E-state index is 0.240. The first kappa shape index (κ1) is 13.6. The molecule has 3 N–H and O–H groups in total. The van der Waals surface area contributed by atoms with Gasteiger partial charge in [0.15, 0.2) is 0 Å². The summed E-state index contributed by atoms with van der Waals surface area (Å²) in [6.45, 7) is 6.11. The zero-order valence-electron chi connectivity index (χ0n) is 10.1. The fourth-order valence-electron chi connectivity index (χ4n) is 1.95. The van der Waals surface area contributed by atoms with E-state index in [4.69, 9.17) is 10.8 Å². The van der Waals surface area contributed by atoms with Crippen molar-refractivity contribution in [3.63, 3.8) is 0 Å². The van der Waals surface area contributed by atoms with E-state index in [9.17, 15) is 0 Å². The molecule has 1 heterocycles. The molecule has 1 atom stereocenters. The quantitative estimate of drug-likeness (QED) is 0.767. The van der Waals surface area contributed by atoms with Crippen molar-refractivity contribution in [2.45, 2.75) is 32.4 Å². The number of nitrogens with two attached hydrogens (primary N) is 1. The Hall–Kier alpha value is -0.420. The van der Waals surface area contributed by atoms with E-state index in [0.717, 1.165) is 13.0 Å². The van der Waals surface area contributed by atoms with Crippen molar-refractivity contribution in [1.29, 1.82) is 0 Å². The molecule has 0 spiro atoms. The van der Waals surface area contributed by atoms with Crippen LogP contribution < -0.4 is 5.73 Å². The molecule has 1 aromatic heterocycles. The molecule has 0 fully saturated rings. The highest BCUT2D eigenvalue weighted by atomic mass is 32.1. The van der Waals surface area contributed by atoms with Gasteiger partial charge in [0.2, 0.25) is 0 Å². The second kappa shape index (κ2) is 7.01. The summed E-state index contributed by atoms with van der Waals surface area (Å²) in [7, 11) is 0. The summed E-state index contributed by atoms with van der Waals surface area (Å²) in [6, 6.07) is 2.86. The third kappa shape index (κ3) is 3.56. The molecule has 0 aromatic carbocycles. The Bertz CT molecular complexity index is 275. The molecule has 0 aliphatic rings. The number of aliphatic hydroxyl groups is 1. The maximum Gasteiger partial charge on any atom is 0.0481 e. The van der Waals surface area contributed by atoms with Crippen molar-refractivity contribution in [2.24, 2.45) is 5.73 Å². The molecule has 4 heteroatoms. The lowest BCUT2D eigenvalue weighted by molar-refractivity contribution is 0.141. The van der Waals surface area contributed by atoms with Crippen LogP contribution in [0.1, 0.15) is 31.9 Å². The van der Waals surface area contributed by atoms with Crippen molar-refractivity contribution in [2.75, 3.05) is 19.7 Å². The second-order valence-electron chi connectivity index (χ2n) is 4.22. The van der Waals surface area contributed by atoms with Crippen LogP contribution in [0.4, 0.5) is 0 Å². The zero-order valence-corrected chi connectivity index (χ0v) is 10.9. The molecule has 0 amide bonds. The molecule has 1 aromatic rings. The van der Waals surface area contributed by atoms with Crippen LogP contribution >= 0.6 is 11.3 Å². The fourth-order valence-corrected chi connectivity index (χ4v) is 2.66. The van der Waals surface area contributed by atoms with E-state index in [1.54, 1.807) is 11.3 Å². The minimum Gasteiger partial charge on any atom is -0.396 e. The van der Waals surface area contributed by atoms with Gasteiger partial charge >= 0.3 is 0 Å². The molecule has 0 saturated heterocycles. The Labute approximate surface area is 102 Å². The van der Waals surface area contributed by atoms with Crippen LogP contribution in [0, 0.1) is 0 Å². The van der Waals surface area contributed by atoms with Crippen LogP contribution in [0.25, 0.3) is 0 Å². The van der Waals surface area contributed by atoms with Gasteiger partial charge in [0, 0.05) is 31.8 Å². The zero-order chi connectivity index (χ0) is 12.0. The average molecular weight is 242 g/mol. The van der Waals surface area contributed by atoms with Crippen LogP contribution in [0.2, 0.25) is 0 Å². The molecule has 16 heavy (non-hydrogen) atoms. The van der Waals surface area contributed by atoms with Crippen LogP contribution in [-0.2, 0) is 0 Å². The van der Waals surface area contributed by atoms with Crippen LogP contribution in [-0.4, -0.2) is 35.7 Å². The third-order valence-corrected chi connectivity index (χ3v) is 3.49. The predicted octanol–water partition coefficient (Wildman–Crippen LogP) is 1.84. The van der Waals surface area contributed by atoms with Crippen molar-refractivity contribution in [3.05, 3.63) is 22.4 Å². The van der Waals surface area contributed by atoms with Crippen LogP contribution in [0.3, 0.4) is 0 Å². The van der Waals surface area contributed by atoms with Gasteiger partial charge in [-0.15, -0.1) is 0 Å². The van der Waals surface area contributed by atoms with Crippen molar-refractivity contribution < 1.29 is 5.11 Å². The minimum absolute atomic E-state index is 0.240. The topological polar surface area (TPSA) is 49.5 Å². The summed E-state index contributed by atoms with van der Waals surface area (Å²) < 4.78 is 0. The lowest BCUT2D eigenvalue weighted by Gasteiger charge is -2.34. The molecule has 1 rings (SSSR count). The monoisotopic (exact) mass is 242 g/mol. The number of hydrogen-bond donors (Lipinski definition) is 2. The Morgan fingerprint density at radius 1 is 1.50 bits per heavy atom. The number of aliphatic hydroxyl groups excluding tert-OH is 1. The van der Waals surface area contributed by atoms with Gasteiger partial charge in [-0.25, -0.2) is 0 Å². The highest BCUT2D eigenvalue weighted by molar-refractivity contribution is 7.07. The molecule has 1 unspecified atom stereocenters. The van der Waals surface area contributed by atoms with E-state index < -0.39 is 0 Å². The molecular weight excluding hydrogens is 220 g/mol. The van der Waals surface area contributed by atoms with E-state index in [1.807, 2.05) is 0 Å². The van der Waals surface area contributed by atoms with E-state index in [1.165, 1.54) is 5.56 Å². The number of rotatable bonds is 7. The van der Waals surface area contributed by atoms with E-state index >= 15 is 0 Å². The van der Waals surface area contributed by atoms with Crippen molar-refractivity contribution >= 4 is 11.3 Å². The smallest absolute Gasteiger partial charge is 0.0481 e. The Balaban J connectivity index is 2.73. The number of thiophene rings is 1. The van der Waals surface area contributed by atoms with Gasteiger partial charge in [0.1, 0.15) is 0 Å². The average Bonchev–Trinajstić information content (AvgIpc) is 2.76. The molecule has 0 aliphatic carbocycles. The SMILES string of the molecule is CC(C)N(CCCO)C(CN)c1ccsc1. The van der Waals surface area contributed by atoms with Crippen molar-refractivity contribution in [3.8, 4) is 0 Å². The number of hydrogen-bond acceptors (Lipinski definition) is 4. The van der Waals surface area contributed by atoms with Gasteiger partial charge in [0.25, 0.3) is 0 Å². The normalized spacial score (nSPS) is 13.6. The first-order valence-electron chi connectivity index (χ1n) is 5.79. The van der Waals surface area contributed by atoms with Crippen molar-refractivity contribution in [1.82, 2.24) is 4.90 Å². The van der Waals surface area contributed by atoms with Gasteiger partial charge in [-0.1, -0.05) is 0 Å². The van der Waals surface area contributed by atoms with E-state index in [0.29, 0.717) is 12.6 Å². The fraction of sp³-hybridized carbons (Fsp3) is 0.667. The van der Waals surface area contributed by atoms with Gasteiger partial charge < -0.3 is 10.8 Å². The lowest BCUT2D eigenvalue weighted by atomic mass is 10.1. The molecule has 0 saturated carbocycles. The van der Waals surface area contributed by atoms with Crippen LogP contribution in [0.5, 0.6) is 0 Å². The highest BCUT2D eigenvalue weighted by Crippen LogP contribution is 2.24. The molecular formula is C12H22N2OS. The Kier molecular flexibility index (Phi) is 5.98. The standard InChI is InChI=1S/C12H22N2OS/c1-10(2)14(5-3-6-15)12(8-13)11-4-7-16-9-11/h4,7,9-10,12,15H,3,5-6,8,13H2,1-2H3. The van der Waals surface area contributed by atoms with E-state index in [-0.39, 0.29) is 12.6 Å². The Morgan fingerprint density at radius 2 is 2.25 bits per heavy atom. The molecule has 92 valence electrons. The van der Waals surface area contributed by atoms with Gasteiger partial charge in [0.05, 0.1) is 0 Å². The summed E-state index contributed by atoms with van der Waals surface area (Å²) >= 11 is 1.70. The predicted molar refractivity (Wildman–Crippen MR) is 69.7 cm³/mol. The van der Waals surface area contributed by atoms with Crippen LogP contribution in [0.15, 0.2) is 16.8 Å². The van der Waals surface area contributed by atoms with E-state index in [2.05, 4.69) is 35.6 Å². The summed E-state index contributed by atoms with van der Waals surface area (Å²) in [5, 5.41) is 13.2. The Morgan fingerprint density at radius 3 is 2.69 bits per heavy atom. The molecule has 0 bridgehead atoms. The first-order valence-corrected chi connectivity index (χ1v) is 6.73. The van der Waals surface area contributed by atoms with Gasteiger partial charge in [-0.05, 0) is 42.7 Å². The largest absolute Gasteiger partial charge is 0.396 e. The summed E-state index contributed by atoms with van der Waals surface area (Å²) in [4.78, 5) is 2.36.